The van der Waals surface area contributed by atoms with Crippen molar-refractivity contribution in [2.24, 2.45) is 5.92 Å². The average Bonchev–Trinajstić information content (AvgIpc) is 1.65. The van der Waals surface area contributed by atoms with Gasteiger partial charge in [0.15, 0.2) is 5.78 Å². The molecule has 0 aromatic rings. The summed E-state index contributed by atoms with van der Waals surface area (Å²) in [4.78, 5) is 10.3. The van der Waals surface area contributed by atoms with Gasteiger partial charge >= 0.3 is 0 Å². The summed E-state index contributed by atoms with van der Waals surface area (Å²) in [5.74, 6) is -0.502. The summed E-state index contributed by atoms with van der Waals surface area (Å²) in [7, 11) is 0. The number of carbonyl (C=O) groups excluding carboxylic acids is 1. The molecule has 0 N–H and O–H groups in total. The number of hydrogen-bond acceptors (Lipinski definition) is 1. The fourth-order valence-corrected chi connectivity index (χ4v) is 0.167. The highest BCUT2D eigenvalue weighted by Crippen LogP contribution is 1.90. The summed E-state index contributed by atoms with van der Waals surface area (Å²) in [6.45, 7) is 10.0. The number of rotatable bonds is 2. The molecular formula is C6H8O. The van der Waals surface area contributed by atoms with Crippen LogP contribution in [-0.4, -0.2) is 5.78 Å². The Bertz CT molecular complexity index is 82.2. The normalized spacial score (nSPS) is 9.00. The van der Waals surface area contributed by atoms with Crippen LogP contribution in [0.1, 0.15) is 0 Å². The minimum absolute atomic E-state index is 0.111. The molecule has 0 bridgehead atoms. The molecule has 1 nitrogen and oxygen atoms in total. The summed E-state index contributed by atoms with van der Waals surface area (Å²) < 4.78 is 0. The lowest BCUT2D eigenvalue weighted by molar-refractivity contribution is -0.115. The Balaban J connectivity index is 3.56. The maximum Gasteiger partial charge on any atom is 0.158 e. The summed E-state index contributed by atoms with van der Waals surface area (Å²) >= 11 is 0. The standard InChI is InChI=1S/C6H8O/c1-4-6(7)5(2)3/h4-5H,1-3H2. The zero-order valence-electron chi connectivity index (χ0n) is 4.18. The van der Waals surface area contributed by atoms with Gasteiger partial charge in [-0.25, -0.2) is 0 Å². The predicted octanol–water partition coefficient (Wildman–Crippen LogP) is 1.03. The van der Waals surface area contributed by atoms with Crippen LogP contribution in [0.4, 0.5) is 0 Å². The Morgan fingerprint density at radius 2 is 2.00 bits per heavy atom. The van der Waals surface area contributed by atoms with Crippen molar-refractivity contribution < 1.29 is 4.79 Å². The molecule has 0 aliphatic carbocycles. The van der Waals surface area contributed by atoms with Crippen LogP contribution in [0.2, 0.25) is 0 Å². The van der Waals surface area contributed by atoms with Gasteiger partial charge in [0, 0.05) is 5.92 Å². The van der Waals surface area contributed by atoms with Crippen LogP contribution in [0.5, 0.6) is 0 Å². The van der Waals surface area contributed by atoms with Crippen LogP contribution in [0, 0.1) is 19.8 Å². The zero-order chi connectivity index (χ0) is 5.86. The third-order valence-electron chi connectivity index (χ3n) is 0.604. The van der Waals surface area contributed by atoms with E-state index in [1.165, 1.54) is 6.08 Å². The molecule has 1 heteroatoms. The topological polar surface area (TPSA) is 17.1 Å². The highest BCUT2D eigenvalue weighted by Gasteiger charge is 1.98. The van der Waals surface area contributed by atoms with Crippen LogP contribution >= 0.6 is 0 Å². The lowest BCUT2D eigenvalue weighted by Crippen LogP contribution is -2.01. The van der Waals surface area contributed by atoms with Crippen LogP contribution in [0.25, 0.3) is 0 Å². The van der Waals surface area contributed by atoms with Crippen molar-refractivity contribution in [2.45, 2.75) is 0 Å². The zero-order valence-corrected chi connectivity index (χ0v) is 4.18. The van der Waals surface area contributed by atoms with Gasteiger partial charge in [0.05, 0.1) is 0 Å². The molecule has 0 heterocycles. The minimum atomic E-state index is -0.391. The maximum atomic E-state index is 10.3. The van der Waals surface area contributed by atoms with Crippen LogP contribution in [-0.2, 0) is 4.79 Å². The van der Waals surface area contributed by atoms with Crippen molar-refractivity contribution in [1.82, 2.24) is 0 Å². The van der Waals surface area contributed by atoms with E-state index in [0.717, 1.165) is 0 Å². The van der Waals surface area contributed by atoms with E-state index in [4.69, 9.17) is 0 Å². The van der Waals surface area contributed by atoms with Crippen molar-refractivity contribution in [3.05, 3.63) is 26.5 Å². The largest absolute Gasteiger partial charge is 0.295 e. The minimum Gasteiger partial charge on any atom is -0.295 e. The first-order valence-electron chi connectivity index (χ1n) is 2.01. The second-order valence-corrected chi connectivity index (χ2v) is 1.30. The van der Waals surface area contributed by atoms with E-state index in [1.807, 2.05) is 0 Å². The molecular weight excluding hydrogens is 88.1 g/mol. The quantitative estimate of drug-likeness (QED) is 0.469. The van der Waals surface area contributed by atoms with Crippen LogP contribution in [0.15, 0.2) is 12.7 Å². The molecule has 7 heavy (non-hydrogen) atoms. The first-order chi connectivity index (χ1) is 3.18. The first kappa shape index (κ1) is 6.41. The van der Waals surface area contributed by atoms with Crippen molar-refractivity contribution in [2.75, 3.05) is 0 Å². The van der Waals surface area contributed by atoms with Gasteiger partial charge in [-0.05, 0) is 19.9 Å². The fraction of sp³-hybridized carbons (Fsp3) is 0.167. The first-order valence-corrected chi connectivity index (χ1v) is 2.01. The van der Waals surface area contributed by atoms with E-state index in [0.29, 0.717) is 0 Å². The van der Waals surface area contributed by atoms with Gasteiger partial charge in [-0.15, -0.1) is 0 Å². The van der Waals surface area contributed by atoms with Gasteiger partial charge in [0.2, 0.25) is 0 Å². The molecule has 0 spiro atoms. The van der Waals surface area contributed by atoms with Gasteiger partial charge in [-0.2, -0.15) is 0 Å². The Morgan fingerprint density at radius 1 is 1.57 bits per heavy atom. The molecule has 0 fully saturated rings. The van der Waals surface area contributed by atoms with Gasteiger partial charge in [-0.1, -0.05) is 6.58 Å². The van der Waals surface area contributed by atoms with E-state index in [-0.39, 0.29) is 5.78 Å². The van der Waals surface area contributed by atoms with Crippen LogP contribution in [0.3, 0.4) is 0 Å². The Labute approximate surface area is 44.0 Å². The fourth-order valence-electron chi connectivity index (χ4n) is 0.167. The number of hydrogen-bond donors (Lipinski definition) is 0. The molecule has 0 amide bonds. The van der Waals surface area contributed by atoms with E-state index >= 15 is 0 Å². The Kier molecular flexibility index (Phi) is 2.34. The van der Waals surface area contributed by atoms with Crippen molar-refractivity contribution in [1.29, 1.82) is 0 Å². The third kappa shape index (κ3) is 2.15. The number of allylic oxidation sites excluding steroid dienone is 1. The summed E-state index contributed by atoms with van der Waals surface area (Å²) in [5, 5.41) is 0. The van der Waals surface area contributed by atoms with Crippen LogP contribution < -0.4 is 0 Å². The monoisotopic (exact) mass is 96.1 g/mol. The second-order valence-electron chi connectivity index (χ2n) is 1.30. The third-order valence-corrected chi connectivity index (χ3v) is 0.604. The lowest BCUT2D eigenvalue weighted by Gasteiger charge is -1.92. The number of carbonyl (C=O) groups is 1. The van der Waals surface area contributed by atoms with E-state index in [1.54, 1.807) is 0 Å². The second kappa shape index (κ2) is 2.56. The molecule has 0 rings (SSSR count). The SMILES string of the molecule is [CH2]C([CH2])C(=O)C=C. The van der Waals surface area contributed by atoms with Gasteiger partial charge in [0.25, 0.3) is 0 Å². The van der Waals surface area contributed by atoms with E-state index < -0.39 is 5.92 Å². The molecule has 0 unspecified atom stereocenters. The Morgan fingerprint density at radius 3 is 2.00 bits per heavy atom. The molecule has 0 aliphatic rings. The smallest absolute Gasteiger partial charge is 0.158 e. The maximum absolute atomic E-state index is 10.3. The highest BCUT2D eigenvalue weighted by molar-refractivity contribution is 5.92. The molecule has 0 atom stereocenters. The van der Waals surface area contributed by atoms with Crippen molar-refractivity contribution >= 4 is 5.78 Å². The van der Waals surface area contributed by atoms with Gasteiger partial charge in [0.1, 0.15) is 0 Å². The highest BCUT2D eigenvalue weighted by atomic mass is 16.1. The molecule has 0 saturated carbocycles. The summed E-state index contributed by atoms with van der Waals surface area (Å²) in [5.41, 5.74) is 0. The molecule has 0 aliphatic heterocycles. The predicted molar refractivity (Wildman–Crippen MR) is 29.4 cm³/mol. The molecule has 2 radical (unpaired) electrons. The molecule has 0 aromatic carbocycles. The lowest BCUT2D eigenvalue weighted by atomic mass is 10.1. The summed E-state index contributed by atoms with van der Waals surface area (Å²) in [6.07, 6.45) is 1.23. The average molecular weight is 96.1 g/mol. The molecule has 38 valence electrons. The van der Waals surface area contributed by atoms with E-state index in [2.05, 4.69) is 20.4 Å². The van der Waals surface area contributed by atoms with Crippen molar-refractivity contribution in [3.63, 3.8) is 0 Å². The molecule has 0 aromatic heterocycles. The van der Waals surface area contributed by atoms with Gasteiger partial charge in [-0.3, -0.25) is 4.79 Å². The van der Waals surface area contributed by atoms with E-state index in [9.17, 15) is 4.79 Å². The molecule has 0 saturated heterocycles. The Hall–Kier alpha value is -0.590. The summed E-state index contributed by atoms with van der Waals surface area (Å²) in [6, 6.07) is 0. The number of ketones is 1. The van der Waals surface area contributed by atoms with Gasteiger partial charge < -0.3 is 0 Å². The van der Waals surface area contributed by atoms with Crippen molar-refractivity contribution in [3.8, 4) is 0 Å².